The summed E-state index contributed by atoms with van der Waals surface area (Å²) in [5, 5.41) is 12.2. The van der Waals surface area contributed by atoms with Gasteiger partial charge in [0.05, 0.1) is 17.9 Å². The van der Waals surface area contributed by atoms with E-state index in [1.54, 1.807) is 17.5 Å². The Kier molecular flexibility index (Phi) is 4.32. The van der Waals surface area contributed by atoms with Crippen molar-refractivity contribution in [1.29, 1.82) is 0 Å². The van der Waals surface area contributed by atoms with Crippen LogP contribution in [-0.4, -0.2) is 20.7 Å². The van der Waals surface area contributed by atoms with Gasteiger partial charge in [-0.25, -0.2) is 4.98 Å². The van der Waals surface area contributed by atoms with Crippen LogP contribution in [0.5, 0.6) is 0 Å². The molecule has 1 atom stereocenters. The first-order chi connectivity index (χ1) is 11.0. The Morgan fingerprint density at radius 2 is 2.17 bits per heavy atom. The van der Waals surface area contributed by atoms with Gasteiger partial charge in [-0.05, 0) is 32.2 Å². The second-order valence-corrected chi connectivity index (χ2v) is 7.23. The quantitative estimate of drug-likeness (QED) is 0.783. The maximum atomic E-state index is 12.6. The topological polar surface area (TPSA) is 59.8 Å². The standard InChI is InChI=1S/C16H18N4OS2/c1-9(13-7-17-20(4)11(13)3)18-15(21)14-10(2)19-16(23-14)12-5-6-22-8-12/h5-9H,1-4H3,(H,18,21)/t9-/m0/s1. The third-order valence-corrected chi connectivity index (χ3v) is 5.75. The van der Waals surface area contributed by atoms with Gasteiger partial charge in [0.15, 0.2) is 0 Å². The lowest BCUT2D eigenvalue weighted by Gasteiger charge is -2.13. The third-order valence-electron chi connectivity index (χ3n) is 3.86. The van der Waals surface area contributed by atoms with Gasteiger partial charge < -0.3 is 5.32 Å². The fraction of sp³-hybridized carbons (Fsp3) is 0.312. The summed E-state index contributed by atoms with van der Waals surface area (Å²) in [6.07, 6.45) is 1.80. The summed E-state index contributed by atoms with van der Waals surface area (Å²) in [6, 6.07) is 1.92. The minimum atomic E-state index is -0.0951. The largest absolute Gasteiger partial charge is 0.345 e. The maximum Gasteiger partial charge on any atom is 0.263 e. The summed E-state index contributed by atoms with van der Waals surface area (Å²) >= 11 is 3.06. The zero-order valence-electron chi connectivity index (χ0n) is 13.5. The number of thiophene rings is 1. The Balaban J connectivity index is 1.80. The van der Waals surface area contributed by atoms with E-state index in [2.05, 4.69) is 15.4 Å². The van der Waals surface area contributed by atoms with E-state index in [1.807, 2.05) is 49.3 Å². The molecule has 120 valence electrons. The Labute approximate surface area is 143 Å². The van der Waals surface area contributed by atoms with Crippen molar-refractivity contribution in [2.45, 2.75) is 26.8 Å². The number of carbonyl (C=O) groups is 1. The van der Waals surface area contributed by atoms with Gasteiger partial charge in [0.1, 0.15) is 9.88 Å². The number of nitrogens with zero attached hydrogens (tertiary/aromatic N) is 3. The van der Waals surface area contributed by atoms with Gasteiger partial charge in [-0.2, -0.15) is 16.4 Å². The fourth-order valence-corrected chi connectivity index (χ4v) is 4.08. The Morgan fingerprint density at radius 3 is 2.78 bits per heavy atom. The SMILES string of the molecule is Cc1nc(-c2ccsc2)sc1C(=O)N[C@@H](C)c1cnn(C)c1C. The van der Waals surface area contributed by atoms with Crippen LogP contribution in [0.25, 0.3) is 10.6 Å². The van der Waals surface area contributed by atoms with E-state index in [9.17, 15) is 4.79 Å². The van der Waals surface area contributed by atoms with Gasteiger partial charge in [0.2, 0.25) is 0 Å². The Hall–Kier alpha value is -1.99. The minimum Gasteiger partial charge on any atom is -0.345 e. The molecule has 0 aromatic carbocycles. The molecule has 0 radical (unpaired) electrons. The van der Waals surface area contributed by atoms with Gasteiger partial charge >= 0.3 is 0 Å². The second kappa shape index (κ2) is 6.25. The summed E-state index contributed by atoms with van der Waals surface area (Å²) in [7, 11) is 1.90. The number of aryl methyl sites for hydroxylation is 2. The summed E-state index contributed by atoms with van der Waals surface area (Å²) in [4.78, 5) is 17.8. The molecular formula is C16H18N4OS2. The van der Waals surface area contributed by atoms with Crippen molar-refractivity contribution in [1.82, 2.24) is 20.1 Å². The molecule has 3 aromatic rings. The average Bonchev–Trinajstić information content (AvgIpc) is 3.21. The molecule has 7 heteroatoms. The van der Waals surface area contributed by atoms with E-state index in [-0.39, 0.29) is 11.9 Å². The highest BCUT2D eigenvalue weighted by molar-refractivity contribution is 7.17. The average molecular weight is 346 g/mol. The minimum absolute atomic E-state index is 0.0859. The first kappa shape index (κ1) is 15.9. The third kappa shape index (κ3) is 3.07. The van der Waals surface area contributed by atoms with Gasteiger partial charge in [-0.15, -0.1) is 11.3 Å². The van der Waals surface area contributed by atoms with Crippen LogP contribution in [-0.2, 0) is 7.05 Å². The lowest BCUT2D eigenvalue weighted by molar-refractivity contribution is 0.0943. The van der Waals surface area contributed by atoms with Crippen LogP contribution in [0.15, 0.2) is 23.0 Å². The van der Waals surface area contributed by atoms with Gasteiger partial charge in [0.25, 0.3) is 5.91 Å². The highest BCUT2D eigenvalue weighted by atomic mass is 32.1. The molecule has 0 bridgehead atoms. The summed E-state index contributed by atoms with van der Waals surface area (Å²) in [5.74, 6) is -0.0859. The van der Waals surface area contributed by atoms with E-state index in [1.165, 1.54) is 11.3 Å². The molecular weight excluding hydrogens is 328 g/mol. The predicted octanol–water partition coefficient (Wildman–Crippen LogP) is 3.71. The van der Waals surface area contributed by atoms with E-state index in [4.69, 9.17) is 0 Å². The van der Waals surface area contributed by atoms with Gasteiger partial charge in [0, 0.05) is 29.2 Å². The Morgan fingerprint density at radius 1 is 1.39 bits per heavy atom. The summed E-state index contributed by atoms with van der Waals surface area (Å²) < 4.78 is 1.81. The molecule has 3 aromatic heterocycles. The molecule has 0 unspecified atom stereocenters. The van der Waals surface area contributed by atoms with Crippen molar-refractivity contribution in [3.63, 3.8) is 0 Å². The zero-order chi connectivity index (χ0) is 16.6. The summed E-state index contributed by atoms with van der Waals surface area (Å²) in [5.41, 5.74) is 3.92. The molecule has 0 aliphatic rings. The second-order valence-electron chi connectivity index (χ2n) is 5.45. The summed E-state index contributed by atoms with van der Waals surface area (Å²) in [6.45, 7) is 5.84. The van der Waals surface area contributed by atoms with Crippen molar-refractivity contribution < 1.29 is 4.79 Å². The maximum absolute atomic E-state index is 12.6. The molecule has 3 rings (SSSR count). The molecule has 1 N–H and O–H groups in total. The molecule has 0 saturated heterocycles. The van der Waals surface area contributed by atoms with Crippen LogP contribution in [0.1, 0.15) is 39.6 Å². The predicted molar refractivity (Wildman–Crippen MR) is 94.0 cm³/mol. The Bertz CT molecular complexity index is 833. The van der Waals surface area contributed by atoms with Crippen LogP contribution < -0.4 is 5.32 Å². The number of aromatic nitrogens is 3. The molecule has 0 aliphatic heterocycles. The highest BCUT2D eigenvalue weighted by Crippen LogP contribution is 2.29. The van der Waals surface area contributed by atoms with E-state index < -0.39 is 0 Å². The lowest BCUT2D eigenvalue weighted by Crippen LogP contribution is -2.26. The van der Waals surface area contributed by atoms with Gasteiger partial charge in [-0.1, -0.05) is 0 Å². The fourth-order valence-electron chi connectivity index (χ4n) is 2.40. The number of rotatable bonds is 4. The molecule has 0 fully saturated rings. The van der Waals surface area contributed by atoms with Crippen LogP contribution in [0.2, 0.25) is 0 Å². The normalized spacial score (nSPS) is 12.3. The number of carbonyl (C=O) groups excluding carboxylic acids is 1. The smallest absolute Gasteiger partial charge is 0.263 e. The van der Waals surface area contributed by atoms with Crippen molar-refractivity contribution in [3.05, 3.63) is 44.9 Å². The van der Waals surface area contributed by atoms with Crippen LogP contribution >= 0.6 is 22.7 Å². The number of thiazole rings is 1. The molecule has 1 amide bonds. The molecule has 0 saturated carbocycles. The van der Waals surface area contributed by atoms with E-state index in [0.29, 0.717) is 4.88 Å². The number of hydrogen-bond donors (Lipinski definition) is 1. The zero-order valence-corrected chi connectivity index (χ0v) is 15.1. The van der Waals surface area contributed by atoms with E-state index >= 15 is 0 Å². The first-order valence-corrected chi connectivity index (χ1v) is 9.02. The van der Waals surface area contributed by atoms with Gasteiger partial charge in [-0.3, -0.25) is 9.48 Å². The molecule has 23 heavy (non-hydrogen) atoms. The molecule has 0 spiro atoms. The number of nitrogens with one attached hydrogen (secondary N) is 1. The number of hydrogen-bond acceptors (Lipinski definition) is 5. The van der Waals surface area contributed by atoms with Crippen LogP contribution in [0.4, 0.5) is 0 Å². The van der Waals surface area contributed by atoms with E-state index in [0.717, 1.165) is 27.5 Å². The molecule has 5 nitrogen and oxygen atoms in total. The van der Waals surface area contributed by atoms with Crippen LogP contribution in [0, 0.1) is 13.8 Å². The number of amides is 1. The monoisotopic (exact) mass is 346 g/mol. The van der Waals surface area contributed by atoms with Crippen LogP contribution in [0.3, 0.4) is 0 Å². The molecule has 3 heterocycles. The first-order valence-electron chi connectivity index (χ1n) is 7.26. The van der Waals surface area contributed by atoms with Crippen molar-refractivity contribution in [3.8, 4) is 10.6 Å². The van der Waals surface area contributed by atoms with Crippen molar-refractivity contribution in [2.75, 3.05) is 0 Å². The highest BCUT2D eigenvalue weighted by Gasteiger charge is 2.20. The molecule has 0 aliphatic carbocycles. The van der Waals surface area contributed by atoms with Crippen molar-refractivity contribution >= 4 is 28.6 Å². The lowest BCUT2D eigenvalue weighted by atomic mass is 10.1. The van der Waals surface area contributed by atoms with Crippen molar-refractivity contribution in [2.24, 2.45) is 7.05 Å².